The van der Waals surface area contributed by atoms with Crippen molar-refractivity contribution < 1.29 is 44.3 Å². The van der Waals surface area contributed by atoms with Crippen molar-refractivity contribution >= 4 is 40.1 Å². The summed E-state index contributed by atoms with van der Waals surface area (Å²) in [6, 6.07) is 6.24. The number of aromatic hydroxyl groups is 1. The molecule has 2 aromatic rings. The zero-order valence-electron chi connectivity index (χ0n) is 22.3. The third-order valence-corrected chi connectivity index (χ3v) is 8.54. The Balaban J connectivity index is 1.76. The molecule has 2 aromatic carbocycles. The highest BCUT2D eigenvalue weighted by Crippen LogP contribution is 2.54. The van der Waals surface area contributed by atoms with Crippen LogP contribution < -0.4 is 10.5 Å². The van der Waals surface area contributed by atoms with E-state index in [1.54, 1.807) is 12.1 Å². The van der Waals surface area contributed by atoms with Crippen molar-refractivity contribution in [2.45, 2.75) is 24.5 Å². The number of likely N-dealkylation sites (N-methyl/N-ethyl adjacent to an activating group) is 1. The van der Waals surface area contributed by atoms with Gasteiger partial charge in [0, 0.05) is 22.6 Å². The van der Waals surface area contributed by atoms with Crippen LogP contribution in [0.5, 0.6) is 11.5 Å². The number of fused-ring (bicyclic) bond motifs is 3. The molecule has 5 rings (SSSR count). The number of carbonyl (C=O) groups excluding carboxylic acids is 4. The standard InChI is InChI=1S/C29H27ClN2O9/c1-32(2)22-16-10-12-9-15-13(14-8-11(27(30)38)4-7-18(14)41-3)5-6-17(33)20(15)23(34)19(12)25(36)29(16,40)26(37)21(24(22)35)28(31)39/h4-8,12,16,22,33-34,37,40H,9-10H2,1-3H3,(H2,31,39)/t12-,16-,22-,29-/m0/s1. The molecule has 3 aliphatic carbocycles. The Morgan fingerprint density at radius 3 is 2.37 bits per heavy atom. The van der Waals surface area contributed by atoms with Gasteiger partial charge in [-0.3, -0.25) is 24.1 Å². The topological polar surface area (TPSA) is 188 Å². The Hall–Kier alpha value is -4.19. The number of nitrogens with two attached hydrogens (primary N) is 1. The number of rotatable bonds is 5. The highest BCUT2D eigenvalue weighted by molar-refractivity contribution is 6.67. The second-order valence-corrected chi connectivity index (χ2v) is 11.0. The molecule has 41 heavy (non-hydrogen) atoms. The van der Waals surface area contributed by atoms with Gasteiger partial charge in [0.1, 0.15) is 28.6 Å². The van der Waals surface area contributed by atoms with Crippen LogP contribution in [0.15, 0.2) is 47.2 Å². The van der Waals surface area contributed by atoms with Crippen LogP contribution in [0.1, 0.15) is 27.9 Å². The minimum atomic E-state index is -2.73. The fourth-order valence-electron chi connectivity index (χ4n) is 6.54. The molecule has 214 valence electrons. The van der Waals surface area contributed by atoms with Crippen LogP contribution in [0.4, 0.5) is 0 Å². The van der Waals surface area contributed by atoms with Gasteiger partial charge in [-0.25, -0.2) is 0 Å². The lowest BCUT2D eigenvalue weighted by atomic mass is 9.57. The number of phenolic OH excluding ortho intramolecular Hbond substituents is 1. The monoisotopic (exact) mass is 582 g/mol. The molecule has 6 N–H and O–H groups in total. The van der Waals surface area contributed by atoms with E-state index < -0.39 is 63.3 Å². The number of hydrogen-bond donors (Lipinski definition) is 5. The number of aliphatic hydroxyl groups is 3. The fraction of sp³-hybridized carbons (Fsp3) is 0.310. The number of ether oxygens (including phenoxy) is 1. The normalized spacial score (nSPS) is 25.6. The van der Waals surface area contributed by atoms with Gasteiger partial charge in [0.05, 0.1) is 18.7 Å². The predicted octanol–water partition coefficient (Wildman–Crippen LogP) is 2.02. The number of amides is 1. The van der Waals surface area contributed by atoms with Crippen LogP contribution >= 0.6 is 11.6 Å². The minimum Gasteiger partial charge on any atom is -0.508 e. The number of ketones is 2. The van der Waals surface area contributed by atoms with Crippen LogP contribution in [-0.2, 0) is 20.8 Å². The van der Waals surface area contributed by atoms with Crippen molar-refractivity contribution in [1.82, 2.24) is 4.90 Å². The van der Waals surface area contributed by atoms with E-state index in [2.05, 4.69) is 0 Å². The van der Waals surface area contributed by atoms with Crippen molar-refractivity contribution in [3.63, 3.8) is 0 Å². The molecule has 1 saturated carbocycles. The lowest BCUT2D eigenvalue weighted by molar-refractivity contribution is -0.153. The van der Waals surface area contributed by atoms with E-state index in [9.17, 15) is 39.6 Å². The van der Waals surface area contributed by atoms with Crippen LogP contribution in [0.3, 0.4) is 0 Å². The zero-order chi connectivity index (χ0) is 30.1. The molecular weight excluding hydrogens is 556 g/mol. The quantitative estimate of drug-likeness (QED) is 0.258. The van der Waals surface area contributed by atoms with E-state index in [1.807, 2.05) is 0 Å². The molecule has 1 amide bonds. The van der Waals surface area contributed by atoms with Crippen LogP contribution in [0, 0.1) is 11.8 Å². The van der Waals surface area contributed by atoms with Gasteiger partial charge in [-0.1, -0.05) is 6.07 Å². The number of carbonyl (C=O) groups is 4. The average molecular weight is 583 g/mol. The Bertz CT molecular complexity index is 1630. The van der Waals surface area contributed by atoms with Crippen LogP contribution in [-0.4, -0.2) is 80.9 Å². The first-order valence-electron chi connectivity index (χ1n) is 12.6. The van der Waals surface area contributed by atoms with Crippen molar-refractivity contribution in [1.29, 1.82) is 0 Å². The summed E-state index contributed by atoms with van der Waals surface area (Å²) in [5.41, 5.74) is 2.93. The maximum atomic E-state index is 14.0. The van der Waals surface area contributed by atoms with E-state index >= 15 is 0 Å². The molecule has 0 saturated heterocycles. The number of primary amides is 1. The van der Waals surface area contributed by atoms with Gasteiger partial charge in [0.15, 0.2) is 11.4 Å². The summed E-state index contributed by atoms with van der Waals surface area (Å²) in [6.07, 6.45) is 0.0126. The largest absolute Gasteiger partial charge is 0.508 e. The number of aliphatic hydroxyl groups excluding tert-OH is 2. The number of benzene rings is 2. The molecule has 4 atom stereocenters. The maximum absolute atomic E-state index is 14.0. The third kappa shape index (κ3) is 3.95. The van der Waals surface area contributed by atoms with Crippen LogP contribution in [0.2, 0.25) is 0 Å². The highest BCUT2D eigenvalue weighted by Gasteiger charge is 2.64. The Labute approximate surface area is 239 Å². The van der Waals surface area contributed by atoms with Crippen molar-refractivity contribution in [3.05, 3.63) is 63.9 Å². The van der Waals surface area contributed by atoms with Gasteiger partial charge in [-0.2, -0.15) is 0 Å². The Morgan fingerprint density at radius 2 is 1.78 bits per heavy atom. The Kier molecular flexibility index (Phi) is 6.72. The summed E-state index contributed by atoms with van der Waals surface area (Å²) < 4.78 is 5.49. The molecule has 3 aliphatic rings. The van der Waals surface area contributed by atoms with E-state index in [0.29, 0.717) is 22.4 Å². The molecule has 0 radical (unpaired) electrons. The number of hydrogen-bond acceptors (Lipinski definition) is 10. The summed E-state index contributed by atoms with van der Waals surface area (Å²) in [5, 5.41) is 44.2. The lowest BCUT2D eigenvalue weighted by Crippen LogP contribution is -2.65. The molecule has 1 fully saturated rings. The SMILES string of the molecule is COc1ccc(C(=O)Cl)cc1-c1ccc(O)c2c1C[C@H]1C[C@H]3[C@H](N(C)C)C(=O)C(C(N)=O)=C(O)[C@@]3(O)C(=O)C1=C2O. The molecule has 0 aliphatic heterocycles. The first-order valence-corrected chi connectivity index (χ1v) is 13.0. The maximum Gasteiger partial charge on any atom is 0.255 e. The molecule has 0 aromatic heterocycles. The van der Waals surface area contributed by atoms with Gasteiger partial charge in [-0.05, 0) is 79.8 Å². The van der Waals surface area contributed by atoms with E-state index in [-0.39, 0.29) is 35.3 Å². The van der Waals surface area contributed by atoms with Crippen LogP contribution in [0.25, 0.3) is 16.9 Å². The van der Waals surface area contributed by atoms with Crippen molar-refractivity contribution in [3.8, 4) is 22.6 Å². The predicted molar refractivity (Wildman–Crippen MR) is 146 cm³/mol. The number of halogens is 1. The molecule has 0 spiro atoms. The fourth-order valence-corrected chi connectivity index (χ4v) is 6.65. The second-order valence-electron chi connectivity index (χ2n) is 10.6. The lowest BCUT2D eigenvalue weighted by Gasteiger charge is -2.50. The molecule has 0 unspecified atom stereocenters. The summed E-state index contributed by atoms with van der Waals surface area (Å²) in [5.74, 6) is -6.96. The average Bonchev–Trinajstić information content (AvgIpc) is 2.90. The van der Waals surface area contributed by atoms with Gasteiger partial charge in [0.25, 0.3) is 11.1 Å². The van der Waals surface area contributed by atoms with Crippen molar-refractivity contribution in [2.75, 3.05) is 21.2 Å². The molecular formula is C29H27ClN2O9. The van der Waals surface area contributed by atoms with E-state index in [0.717, 1.165) is 0 Å². The Morgan fingerprint density at radius 1 is 1.10 bits per heavy atom. The first kappa shape index (κ1) is 28.3. The molecule has 12 heteroatoms. The summed E-state index contributed by atoms with van der Waals surface area (Å²) in [7, 11) is 4.49. The number of nitrogens with zero attached hydrogens (tertiary/aromatic N) is 1. The molecule has 11 nitrogen and oxygen atoms in total. The first-order chi connectivity index (χ1) is 19.2. The van der Waals surface area contributed by atoms with Gasteiger partial charge in [0.2, 0.25) is 5.78 Å². The third-order valence-electron chi connectivity index (χ3n) is 8.32. The van der Waals surface area contributed by atoms with Gasteiger partial charge in [-0.15, -0.1) is 0 Å². The smallest absolute Gasteiger partial charge is 0.255 e. The summed E-state index contributed by atoms with van der Waals surface area (Å²) in [4.78, 5) is 52.7. The van der Waals surface area contributed by atoms with Crippen molar-refractivity contribution in [2.24, 2.45) is 17.6 Å². The van der Waals surface area contributed by atoms with E-state index in [4.69, 9.17) is 22.1 Å². The number of methoxy groups -OCH3 is 1. The van der Waals surface area contributed by atoms with Gasteiger partial charge < -0.3 is 30.9 Å². The molecule has 0 heterocycles. The van der Waals surface area contributed by atoms with Gasteiger partial charge >= 0.3 is 0 Å². The minimum absolute atomic E-state index is 0.0573. The highest BCUT2D eigenvalue weighted by atomic mass is 35.5. The number of phenols is 1. The zero-order valence-corrected chi connectivity index (χ0v) is 23.0. The number of Topliss-reactive ketones (excluding diaryl/α,β-unsaturated/α-hetero) is 2. The molecule has 0 bridgehead atoms. The summed E-state index contributed by atoms with van der Waals surface area (Å²) >= 11 is 5.71. The second kappa shape index (κ2) is 9.72. The summed E-state index contributed by atoms with van der Waals surface area (Å²) in [6.45, 7) is 0. The van der Waals surface area contributed by atoms with E-state index in [1.165, 1.54) is 44.3 Å².